The second-order valence-corrected chi connectivity index (χ2v) is 5.19. The molecule has 5 heteroatoms. The van der Waals surface area contributed by atoms with Crippen LogP contribution in [-0.4, -0.2) is 34.6 Å². The van der Waals surface area contributed by atoms with E-state index in [1.807, 2.05) is 24.0 Å². The minimum absolute atomic E-state index is 0.190. The van der Waals surface area contributed by atoms with Gasteiger partial charge in [-0.1, -0.05) is 11.8 Å². The predicted octanol–water partition coefficient (Wildman–Crippen LogP) is 1.69. The highest BCUT2D eigenvalue weighted by Crippen LogP contribution is 2.23. The molecule has 1 aliphatic heterocycles. The summed E-state index contributed by atoms with van der Waals surface area (Å²) < 4.78 is 0. The van der Waals surface area contributed by atoms with E-state index in [0.29, 0.717) is 11.4 Å². The Bertz CT molecular complexity index is 416. The van der Waals surface area contributed by atoms with Gasteiger partial charge in [-0.2, -0.15) is 0 Å². The van der Waals surface area contributed by atoms with Crippen molar-refractivity contribution in [3.05, 3.63) is 17.8 Å². The minimum atomic E-state index is 0.190. The van der Waals surface area contributed by atoms with Gasteiger partial charge in [0.2, 0.25) is 5.91 Å². The van der Waals surface area contributed by atoms with Crippen molar-refractivity contribution in [3.8, 4) is 0 Å². The quantitative estimate of drug-likeness (QED) is 0.830. The Hall–Kier alpha value is -1.23. The molecule has 0 bridgehead atoms. The lowest BCUT2D eigenvalue weighted by Gasteiger charge is -2.14. The van der Waals surface area contributed by atoms with Crippen LogP contribution in [0.25, 0.3) is 0 Å². The first-order valence-electron chi connectivity index (χ1n) is 5.80. The molecule has 17 heavy (non-hydrogen) atoms. The normalized spacial score (nSPS) is 15.2. The topological polar surface area (TPSA) is 59.2 Å². The molecule has 4 nitrogen and oxygen atoms in total. The fraction of sp³-hybridized carbons (Fsp3) is 0.500. The number of nitrogens with zero attached hydrogens (tertiary/aromatic N) is 2. The molecule has 0 saturated carbocycles. The van der Waals surface area contributed by atoms with E-state index in [0.717, 1.165) is 36.7 Å². The number of pyridine rings is 1. The summed E-state index contributed by atoms with van der Waals surface area (Å²) in [6.07, 6.45) is 2.25. The van der Waals surface area contributed by atoms with Crippen LogP contribution in [0, 0.1) is 6.92 Å². The van der Waals surface area contributed by atoms with E-state index >= 15 is 0 Å². The Kier molecular flexibility index (Phi) is 3.89. The van der Waals surface area contributed by atoms with Crippen LogP contribution in [0.2, 0.25) is 0 Å². The lowest BCUT2D eigenvalue weighted by Crippen LogP contribution is -2.29. The zero-order valence-electron chi connectivity index (χ0n) is 9.98. The Labute approximate surface area is 106 Å². The predicted molar refractivity (Wildman–Crippen MR) is 69.9 cm³/mol. The number of hydrogen-bond donors (Lipinski definition) is 1. The monoisotopic (exact) mass is 251 g/mol. The summed E-state index contributed by atoms with van der Waals surface area (Å²) in [4.78, 5) is 18.1. The zero-order valence-corrected chi connectivity index (χ0v) is 10.8. The summed E-state index contributed by atoms with van der Waals surface area (Å²) in [5.41, 5.74) is 7.40. The number of carbonyl (C=O) groups is 1. The van der Waals surface area contributed by atoms with Gasteiger partial charge in [0, 0.05) is 18.8 Å². The molecule has 0 atom stereocenters. The van der Waals surface area contributed by atoms with Crippen molar-refractivity contribution in [2.45, 2.75) is 24.8 Å². The molecule has 2 N–H and O–H groups in total. The molecular formula is C12H17N3OS. The van der Waals surface area contributed by atoms with Gasteiger partial charge in [-0.15, -0.1) is 0 Å². The first-order valence-corrected chi connectivity index (χ1v) is 6.79. The third kappa shape index (κ3) is 3.12. The summed E-state index contributed by atoms with van der Waals surface area (Å²) in [7, 11) is 0. The maximum absolute atomic E-state index is 11.9. The van der Waals surface area contributed by atoms with Crippen LogP contribution in [-0.2, 0) is 4.79 Å². The van der Waals surface area contributed by atoms with Gasteiger partial charge in [0.05, 0.1) is 11.4 Å². The molecule has 2 rings (SSSR count). The number of carbonyl (C=O) groups excluding carboxylic acids is 1. The van der Waals surface area contributed by atoms with Gasteiger partial charge in [-0.3, -0.25) is 4.79 Å². The molecule has 0 unspecified atom stereocenters. The summed E-state index contributed by atoms with van der Waals surface area (Å²) in [6, 6.07) is 3.71. The number of amides is 1. The number of rotatable bonds is 3. The fourth-order valence-electron chi connectivity index (χ4n) is 1.85. The minimum Gasteiger partial charge on any atom is -0.397 e. The summed E-state index contributed by atoms with van der Waals surface area (Å²) in [5.74, 6) is 0.621. The van der Waals surface area contributed by atoms with Crippen molar-refractivity contribution in [1.29, 1.82) is 0 Å². The van der Waals surface area contributed by atoms with E-state index in [2.05, 4.69) is 4.98 Å². The fourth-order valence-corrected chi connectivity index (χ4v) is 2.73. The van der Waals surface area contributed by atoms with Gasteiger partial charge in [0.1, 0.15) is 5.03 Å². The Morgan fingerprint density at radius 3 is 2.88 bits per heavy atom. The zero-order chi connectivity index (χ0) is 12.3. The van der Waals surface area contributed by atoms with Crippen LogP contribution in [0.1, 0.15) is 18.5 Å². The maximum atomic E-state index is 11.9. The second-order valence-electron chi connectivity index (χ2n) is 4.22. The van der Waals surface area contributed by atoms with Crippen molar-refractivity contribution in [1.82, 2.24) is 9.88 Å². The van der Waals surface area contributed by atoms with E-state index in [-0.39, 0.29) is 5.91 Å². The molecule has 1 amide bonds. The first-order chi connectivity index (χ1) is 8.16. The maximum Gasteiger partial charge on any atom is 0.232 e. The second kappa shape index (κ2) is 5.40. The highest BCUT2D eigenvalue weighted by atomic mass is 32.2. The third-order valence-corrected chi connectivity index (χ3v) is 3.81. The standard InChI is InChI=1S/C12H17N3OS/c1-9-4-5-10(13)12(14-9)17-8-11(16)15-6-2-3-7-15/h4-5H,2-3,6-8,13H2,1H3. The van der Waals surface area contributed by atoms with Crippen molar-refractivity contribution in [2.75, 3.05) is 24.6 Å². The number of aromatic nitrogens is 1. The van der Waals surface area contributed by atoms with Gasteiger partial charge in [-0.25, -0.2) is 4.98 Å². The molecule has 1 aliphatic rings. The summed E-state index contributed by atoms with van der Waals surface area (Å²) >= 11 is 1.43. The largest absolute Gasteiger partial charge is 0.397 e. The molecule has 92 valence electrons. The number of anilines is 1. The molecule has 2 heterocycles. The van der Waals surface area contributed by atoms with E-state index < -0.39 is 0 Å². The van der Waals surface area contributed by atoms with Gasteiger partial charge >= 0.3 is 0 Å². The molecule has 0 radical (unpaired) electrons. The number of nitrogens with two attached hydrogens (primary N) is 1. The lowest BCUT2D eigenvalue weighted by molar-refractivity contribution is -0.127. The molecule has 1 aromatic heterocycles. The average Bonchev–Trinajstić information content (AvgIpc) is 2.83. The first kappa shape index (κ1) is 12.2. The van der Waals surface area contributed by atoms with E-state index in [4.69, 9.17) is 5.73 Å². The molecule has 1 fully saturated rings. The smallest absolute Gasteiger partial charge is 0.232 e. The molecule has 0 aromatic carbocycles. The van der Waals surface area contributed by atoms with Gasteiger partial charge < -0.3 is 10.6 Å². The molecule has 1 aromatic rings. The van der Waals surface area contributed by atoms with Crippen LogP contribution in [0.5, 0.6) is 0 Å². The van der Waals surface area contributed by atoms with Crippen molar-refractivity contribution < 1.29 is 4.79 Å². The number of nitrogen functional groups attached to an aromatic ring is 1. The van der Waals surface area contributed by atoms with Gasteiger partial charge in [0.25, 0.3) is 0 Å². The van der Waals surface area contributed by atoms with Crippen LogP contribution < -0.4 is 5.73 Å². The van der Waals surface area contributed by atoms with Crippen LogP contribution >= 0.6 is 11.8 Å². The highest BCUT2D eigenvalue weighted by molar-refractivity contribution is 8.00. The van der Waals surface area contributed by atoms with Crippen LogP contribution in [0.4, 0.5) is 5.69 Å². The molecular weight excluding hydrogens is 234 g/mol. The lowest BCUT2D eigenvalue weighted by atomic mass is 10.3. The van der Waals surface area contributed by atoms with Crippen molar-refractivity contribution in [2.24, 2.45) is 0 Å². The van der Waals surface area contributed by atoms with Gasteiger partial charge in [0.15, 0.2) is 0 Å². The van der Waals surface area contributed by atoms with Crippen LogP contribution in [0.3, 0.4) is 0 Å². The Balaban J connectivity index is 1.92. The van der Waals surface area contributed by atoms with Gasteiger partial charge in [-0.05, 0) is 31.9 Å². The molecule has 0 spiro atoms. The summed E-state index contributed by atoms with van der Waals surface area (Å²) in [6.45, 7) is 3.72. The molecule has 1 saturated heterocycles. The average molecular weight is 251 g/mol. The van der Waals surface area contributed by atoms with Crippen molar-refractivity contribution >= 4 is 23.4 Å². The SMILES string of the molecule is Cc1ccc(N)c(SCC(=O)N2CCCC2)n1. The van der Waals surface area contributed by atoms with Crippen LogP contribution in [0.15, 0.2) is 17.2 Å². The Morgan fingerprint density at radius 2 is 2.18 bits per heavy atom. The van der Waals surface area contributed by atoms with Crippen molar-refractivity contribution in [3.63, 3.8) is 0 Å². The van der Waals surface area contributed by atoms with E-state index in [9.17, 15) is 4.79 Å². The number of aryl methyl sites for hydroxylation is 1. The molecule has 0 aliphatic carbocycles. The summed E-state index contributed by atoms with van der Waals surface area (Å²) in [5, 5.41) is 0.762. The number of likely N-dealkylation sites (tertiary alicyclic amines) is 1. The van der Waals surface area contributed by atoms with E-state index in [1.165, 1.54) is 11.8 Å². The number of thioether (sulfide) groups is 1. The number of hydrogen-bond acceptors (Lipinski definition) is 4. The Morgan fingerprint density at radius 1 is 1.47 bits per heavy atom. The highest BCUT2D eigenvalue weighted by Gasteiger charge is 2.18. The van der Waals surface area contributed by atoms with E-state index in [1.54, 1.807) is 0 Å². The third-order valence-electron chi connectivity index (χ3n) is 2.82.